The van der Waals surface area contributed by atoms with E-state index in [-0.39, 0.29) is 15.9 Å². The lowest BCUT2D eigenvalue weighted by molar-refractivity contribution is -0.386. The lowest BCUT2D eigenvalue weighted by atomic mass is 10.3. The maximum Gasteiger partial charge on any atom is 0.315 e. The Hall–Kier alpha value is -0.820. The highest BCUT2D eigenvalue weighted by molar-refractivity contribution is 9.10. The number of nitro groups is 1. The minimum Gasteiger partial charge on any atom is -0.486 e. The van der Waals surface area contributed by atoms with Gasteiger partial charge < -0.3 is 4.74 Å². The van der Waals surface area contributed by atoms with Gasteiger partial charge in [-0.25, -0.2) is 4.39 Å². The number of rotatable bonds is 6. The summed E-state index contributed by atoms with van der Waals surface area (Å²) in [6.07, 6.45) is 1.60. The average molecular weight is 324 g/mol. The van der Waals surface area contributed by atoms with E-state index in [1.54, 1.807) is 0 Å². The van der Waals surface area contributed by atoms with Crippen molar-refractivity contribution in [2.45, 2.75) is 12.8 Å². The smallest absolute Gasteiger partial charge is 0.315 e. The van der Waals surface area contributed by atoms with E-state index >= 15 is 0 Å². The number of unbranched alkanes of at least 4 members (excludes halogenated alkanes) is 1. The molecule has 0 unspecified atom stereocenters. The van der Waals surface area contributed by atoms with E-state index in [1.165, 1.54) is 0 Å². The molecule has 0 aliphatic heterocycles. The van der Waals surface area contributed by atoms with Crippen LogP contribution in [0.4, 0.5) is 10.1 Å². The van der Waals surface area contributed by atoms with Gasteiger partial charge in [-0.2, -0.15) is 12.6 Å². The molecule has 94 valence electrons. The SMILES string of the molecule is O=[N+]([O-])c1cc(F)cc(Br)c1OCCCCS. The third kappa shape index (κ3) is 4.16. The highest BCUT2D eigenvalue weighted by atomic mass is 79.9. The van der Waals surface area contributed by atoms with Crippen molar-refractivity contribution >= 4 is 34.2 Å². The summed E-state index contributed by atoms with van der Waals surface area (Å²) in [7, 11) is 0. The summed E-state index contributed by atoms with van der Waals surface area (Å²) >= 11 is 7.10. The lowest BCUT2D eigenvalue weighted by Crippen LogP contribution is -2.02. The second-order valence-corrected chi connectivity index (χ2v) is 4.57. The van der Waals surface area contributed by atoms with Crippen molar-refractivity contribution in [3.63, 3.8) is 0 Å². The van der Waals surface area contributed by atoms with Crippen molar-refractivity contribution in [3.05, 3.63) is 32.5 Å². The van der Waals surface area contributed by atoms with Crippen molar-refractivity contribution in [2.24, 2.45) is 0 Å². The van der Waals surface area contributed by atoms with Gasteiger partial charge >= 0.3 is 5.69 Å². The van der Waals surface area contributed by atoms with E-state index in [1.807, 2.05) is 0 Å². The summed E-state index contributed by atoms with van der Waals surface area (Å²) in [5.41, 5.74) is -0.372. The first-order valence-corrected chi connectivity index (χ1v) is 6.36. The topological polar surface area (TPSA) is 52.4 Å². The predicted molar refractivity (Wildman–Crippen MR) is 69.3 cm³/mol. The molecule has 17 heavy (non-hydrogen) atoms. The van der Waals surface area contributed by atoms with Gasteiger partial charge in [-0.1, -0.05) is 0 Å². The zero-order valence-electron chi connectivity index (χ0n) is 8.86. The maximum absolute atomic E-state index is 13.0. The number of ether oxygens (including phenoxy) is 1. The molecule has 4 nitrogen and oxygen atoms in total. The summed E-state index contributed by atoms with van der Waals surface area (Å²) in [6, 6.07) is 1.99. The largest absolute Gasteiger partial charge is 0.486 e. The molecule has 0 aromatic heterocycles. The third-order valence-corrected chi connectivity index (χ3v) is 2.89. The lowest BCUT2D eigenvalue weighted by Gasteiger charge is -2.08. The molecule has 0 amide bonds. The van der Waals surface area contributed by atoms with Crippen molar-refractivity contribution in [3.8, 4) is 5.75 Å². The van der Waals surface area contributed by atoms with Crippen LogP contribution in [0.25, 0.3) is 0 Å². The van der Waals surface area contributed by atoms with Crippen LogP contribution in [0, 0.1) is 15.9 Å². The summed E-state index contributed by atoms with van der Waals surface area (Å²) in [5.74, 6) is 0.123. The first kappa shape index (κ1) is 14.2. The molecule has 0 aliphatic carbocycles. The van der Waals surface area contributed by atoms with Crippen LogP contribution < -0.4 is 4.74 Å². The van der Waals surface area contributed by atoms with Crippen LogP contribution in [-0.4, -0.2) is 17.3 Å². The Morgan fingerprint density at radius 3 is 2.76 bits per heavy atom. The van der Waals surface area contributed by atoms with Gasteiger partial charge in [0.25, 0.3) is 0 Å². The molecule has 0 aliphatic rings. The third-order valence-electron chi connectivity index (χ3n) is 1.98. The summed E-state index contributed by atoms with van der Waals surface area (Å²) in [5, 5.41) is 10.7. The van der Waals surface area contributed by atoms with E-state index in [2.05, 4.69) is 28.6 Å². The van der Waals surface area contributed by atoms with Crippen LogP contribution in [0.2, 0.25) is 0 Å². The number of halogens is 2. The zero-order valence-corrected chi connectivity index (χ0v) is 11.3. The second-order valence-electron chi connectivity index (χ2n) is 3.27. The molecule has 0 atom stereocenters. The number of nitro benzene ring substituents is 1. The summed E-state index contributed by atoms with van der Waals surface area (Å²) < 4.78 is 18.6. The van der Waals surface area contributed by atoms with Gasteiger partial charge in [0.15, 0.2) is 0 Å². The number of thiol groups is 1. The molecule has 0 heterocycles. The molecule has 7 heteroatoms. The Balaban J connectivity index is 2.85. The Kier molecular flexibility index (Phi) is 5.70. The van der Waals surface area contributed by atoms with Crippen LogP contribution >= 0.6 is 28.6 Å². The molecule has 1 rings (SSSR count). The molecule has 0 spiro atoms. The highest BCUT2D eigenvalue weighted by Gasteiger charge is 2.20. The maximum atomic E-state index is 13.0. The van der Waals surface area contributed by atoms with E-state index in [0.29, 0.717) is 6.61 Å². The number of hydrogen-bond donors (Lipinski definition) is 1. The number of nitrogens with zero attached hydrogens (tertiary/aromatic N) is 1. The molecule has 0 radical (unpaired) electrons. The molecule has 0 N–H and O–H groups in total. The molecule has 0 fully saturated rings. The van der Waals surface area contributed by atoms with Gasteiger partial charge in [0.05, 0.1) is 22.1 Å². The minimum absolute atomic E-state index is 0.0653. The van der Waals surface area contributed by atoms with Crippen LogP contribution in [0.15, 0.2) is 16.6 Å². The molecular weight excluding hydrogens is 313 g/mol. The summed E-state index contributed by atoms with van der Waals surface area (Å²) in [4.78, 5) is 10.1. The quantitative estimate of drug-likeness (QED) is 0.377. The zero-order chi connectivity index (χ0) is 12.8. The van der Waals surface area contributed by atoms with Crippen LogP contribution in [0.1, 0.15) is 12.8 Å². The Morgan fingerprint density at radius 1 is 1.47 bits per heavy atom. The minimum atomic E-state index is -0.675. The number of benzene rings is 1. The van der Waals surface area contributed by atoms with Crippen molar-refractivity contribution < 1.29 is 14.1 Å². The fourth-order valence-corrected chi connectivity index (χ4v) is 1.97. The van der Waals surface area contributed by atoms with Gasteiger partial charge in [-0.3, -0.25) is 10.1 Å². The average Bonchev–Trinajstić information content (AvgIpc) is 2.25. The Labute approximate surface area is 112 Å². The molecule has 1 aromatic rings. The Morgan fingerprint density at radius 2 is 2.18 bits per heavy atom. The van der Waals surface area contributed by atoms with E-state index < -0.39 is 10.7 Å². The number of hydrogen-bond acceptors (Lipinski definition) is 4. The Bertz CT molecular complexity index is 417. The first-order chi connectivity index (χ1) is 8.06. The van der Waals surface area contributed by atoms with Gasteiger partial charge in [-0.05, 0) is 40.6 Å². The van der Waals surface area contributed by atoms with Crippen LogP contribution in [-0.2, 0) is 0 Å². The fraction of sp³-hybridized carbons (Fsp3) is 0.400. The van der Waals surface area contributed by atoms with E-state index in [9.17, 15) is 14.5 Å². The van der Waals surface area contributed by atoms with Crippen molar-refractivity contribution in [1.29, 1.82) is 0 Å². The highest BCUT2D eigenvalue weighted by Crippen LogP contribution is 2.36. The van der Waals surface area contributed by atoms with Gasteiger partial charge in [0, 0.05) is 0 Å². The molecular formula is C10H11BrFNO3S. The summed E-state index contributed by atoms with van der Waals surface area (Å²) in [6.45, 7) is 0.339. The van der Waals surface area contributed by atoms with Gasteiger partial charge in [0.2, 0.25) is 5.75 Å². The normalized spacial score (nSPS) is 10.3. The second kappa shape index (κ2) is 6.80. The van der Waals surface area contributed by atoms with Gasteiger partial charge in [-0.15, -0.1) is 0 Å². The predicted octanol–water partition coefficient (Wildman–Crippen LogP) is 3.59. The molecule has 1 aromatic carbocycles. The molecule has 0 bridgehead atoms. The molecule has 0 saturated heterocycles. The van der Waals surface area contributed by atoms with Crippen molar-refractivity contribution in [1.82, 2.24) is 0 Å². The fourth-order valence-electron chi connectivity index (χ4n) is 1.21. The first-order valence-electron chi connectivity index (χ1n) is 4.93. The van der Waals surface area contributed by atoms with Crippen LogP contribution in [0.3, 0.4) is 0 Å². The standard InChI is InChI=1S/C10H11BrFNO3S/c11-8-5-7(12)6-9(13(14)15)10(8)16-3-1-2-4-17/h5-6,17H,1-4H2. The van der Waals surface area contributed by atoms with Crippen molar-refractivity contribution in [2.75, 3.05) is 12.4 Å². The monoisotopic (exact) mass is 323 g/mol. The van der Waals surface area contributed by atoms with Crippen LogP contribution in [0.5, 0.6) is 5.75 Å². The van der Waals surface area contributed by atoms with E-state index in [4.69, 9.17) is 4.74 Å². The molecule has 0 saturated carbocycles. The van der Waals surface area contributed by atoms with Gasteiger partial charge in [0.1, 0.15) is 5.82 Å². The van der Waals surface area contributed by atoms with E-state index in [0.717, 1.165) is 30.7 Å².